The molecule has 0 rings (SSSR count). The van der Waals surface area contributed by atoms with Crippen LogP contribution in [0.2, 0.25) is 0 Å². The monoisotopic (exact) mass is 269 g/mol. The lowest BCUT2D eigenvalue weighted by atomic mass is 9.90. The van der Waals surface area contributed by atoms with Gasteiger partial charge >= 0.3 is 0 Å². The van der Waals surface area contributed by atoms with Crippen molar-refractivity contribution in [3.05, 3.63) is 10.2 Å². The fraction of sp³-hybridized carbons (Fsp3) is 0.571. The third-order valence-electron chi connectivity index (χ3n) is 1.10. The Kier molecular flexibility index (Phi) is 4.60. The Morgan fingerprint density at radius 3 is 2.10 bits per heavy atom. The van der Waals surface area contributed by atoms with Crippen molar-refractivity contribution in [1.29, 1.82) is 0 Å². The van der Waals surface area contributed by atoms with Gasteiger partial charge in [-0.2, -0.15) is 0 Å². The Morgan fingerprint density at radius 1 is 1.50 bits per heavy atom. The lowest BCUT2D eigenvalue weighted by Gasteiger charge is -2.16. The predicted molar refractivity (Wildman–Crippen MR) is 59.0 cm³/mol. The molecule has 58 valence electrons. The molecule has 0 bridgehead atoms. The lowest BCUT2D eigenvalue weighted by Crippen LogP contribution is -2.16. The maximum atomic E-state index is 3.88. The molecular formula is C7H12INS. The first-order chi connectivity index (χ1) is 4.52. The van der Waals surface area contributed by atoms with Crippen LogP contribution in [-0.4, -0.2) is 5.71 Å². The van der Waals surface area contributed by atoms with E-state index in [0.29, 0.717) is 0 Å². The first kappa shape index (κ1) is 10.5. The van der Waals surface area contributed by atoms with Gasteiger partial charge in [-0.3, -0.25) is 0 Å². The van der Waals surface area contributed by atoms with Crippen LogP contribution >= 0.6 is 35.4 Å². The Morgan fingerprint density at radius 2 is 2.00 bits per heavy atom. The summed E-state index contributed by atoms with van der Waals surface area (Å²) in [5.74, 6) is 0. The van der Waals surface area contributed by atoms with Crippen molar-refractivity contribution in [2.24, 2.45) is 9.81 Å². The summed E-state index contributed by atoms with van der Waals surface area (Å²) < 4.78 is 5.81. The molecule has 0 unspecified atom stereocenters. The van der Waals surface area contributed by atoms with Gasteiger partial charge in [0, 0.05) is 5.41 Å². The Labute approximate surface area is 81.7 Å². The highest BCUT2D eigenvalue weighted by Gasteiger charge is 2.15. The molecule has 0 saturated heterocycles. The van der Waals surface area contributed by atoms with Crippen LogP contribution in [0.5, 0.6) is 0 Å². The van der Waals surface area contributed by atoms with Gasteiger partial charge in [-0.05, 0) is 23.0 Å². The minimum atomic E-state index is 0.101. The highest BCUT2D eigenvalue weighted by atomic mass is 127. The van der Waals surface area contributed by atoms with E-state index in [2.05, 4.69) is 60.6 Å². The molecule has 0 aromatic rings. The van der Waals surface area contributed by atoms with Crippen LogP contribution in [0.3, 0.4) is 0 Å². The van der Waals surface area contributed by atoms with Crippen LogP contribution < -0.4 is 0 Å². The van der Waals surface area contributed by atoms with Gasteiger partial charge < -0.3 is 0 Å². The van der Waals surface area contributed by atoms with Crippen molar-refractivity contribution in [2.75, 3.05) is 0 Å². The summed E-state index contributed by atoms with van der Waals surface area (Å²) in [6.07, 6.45) is 1.97. The molecule has 0 heterocycles. The third-order valence-corrected chi connectivity index (χ3v) is 1.67. The van der Waals surface area contributed by atoms with E-state index in [1.54, 1.807) is 0 Å². The zero-order valence-electron chi connectivity index (χ0n) is 6.43. The van der Waals surface area contributed by atoms with Crippen molar-refractivity contribution in [1.82, 2.24) is 0 Å². The number of halogens is 1. The standard InChI is InChI=1S/C7H12INS/c1-7(2,3)6(9-10)4-5-8/h4-5,10H,1-3H3/b5-4-,9-6?. The summed E-state index contributed by atoms with van der Waals surface area (Å²) in [5.41, 5.74) is 1.11. The quantitative estimate of drug-likeness (QED) is 0.426. The number of hydrogen-bond donors (Lipinski definition) is 1. The zero-order chi connectivity index (χ0) is 8.20. The first-order valence-corrected chi connectivity index (χ1v) is 4.66. The molecule has 0 spiro atoms. The third kappa shape index (κ3) is 3.61. The average Bonchev–Trinajstić information content (AvgIpc) is 1.80. The van der Waals surface area contributed by atoms with Crippen molar-refractivity contribution < 1.29 is 0 Å². The summed E-state index contributed by atoms with van der Waals surface area (Å²) in [4.78, 5) is 0. The van der Waals surface area contributed by atoms with E-state index in [9.17, 15) is 0 Å². The van der Waals surface area contributed by atoms with Crippen molar-refractivity contribution in [3.63, 3.8) is 0 Å². The van der Waals surface area contributed by atoms with Crippen LogP contribution in [0.25, 0.3) is 0 Å². The number of thiol groups is 1. The van der Waals surface area contributed by atoms with E-state index in [1.165, 1.54) is 0 Å². The van der Waals surface area contributed by atoms with E-state index < -0.39 is 0 Å². The Hall–Kier alpha value is 0.490. The second kappa shape index (κ2) is 4.38. The molecule has 0 amide bonds. The summed E-state index contributed by atoms with van der Waals surface area (Å²) in [6.45, 7) is 6.33. The van der Waals surface area contributed by atoms with E-state index in [-0.39, 0.29) is 5.41 Å². The predicted octanol–water partition coefficient (Wildman–Crippen LogP) is 3.27. The van der Waals surface area contributed by atoms with Gasteiger partial charge in [0.15, 0.2) is 0 Å². The van der Waals surface area contributed by atoms with E-state index in [4.69, 9.17) is 0 Å². The van der Waals surface area contributed by atoms with Crippen molar-refractivity contribution in [2.45, 2.75) is 20.8 Å². The van der Waals surface area contributed by atoms with Crippen LogP contribution in [0.15, 0.2) is 14.6 Å². The highest BCUT2D eigenvalue weighted by Crippen LogP contribution is 2.17. The number of rotatable bonds is 1. The lowest BCUT2D eigenvalue weighted by molar-refractivity contribution is 0.596. The smallest absolute Gasteiger partial charge is 0.0541 e. The van der Waals surface area contributed by atoms with Gasteiger partial charge in [0.25, 0.3) is 0 Å². The second-order valence-electron chi connectivity index (χ2n) is 3.03. The van der Waals surface area contributed by atoms with Gasteiger partial charge in [-0.1, -0.05) is 43.4 Å². The SMILES string of the molecule is CC(C)(C)C(/C=C\I)=NS. The molecule has 10 heavy (non-hydrogen) atoms. The second-order valence-corrected chi connectivity index (χ2v) is 3.95. The van der Waals surface area contributed by atoms with Gasteiger partial charge in [0.2, 0.25) is 0 Å². The number of hydrogen-bond acceptors (Lipinski definition) is 2. The average molecular weight is 269 g/mol. The molecule has 0 N–H and O–H groups in total. The maximum Gasteiger partial charge on any atom is 0.0541 e. The molecule has 0 fully saturated rings. The maximum absolute atomic E-state index is 3.88. The molecule has 0 aliphatic rings. The molecule has 0 aliphatic carbocycles. The molecule has 3 heteroatoms. The molecule has 0 saturated carbocycles. The van der Waals surface area contributed by atoms with Crippen LogP contribution in [0, 0.1) is 5.41 Å². The van der Waals surface area contributed by atoms with Crippen LogP contribution in [0.1, 0.15) is 20.8 Å². The van der Waals surface area contributed by atoms with Crippen molar-refractivity contribution in [3.8, 4) is 0 Å². The molecule has 0 aromatic heterocycles. The number of nitrogens with zero attached hydrogens (tertiary/aromatic N) is 1. The summed E-state index contributed by atoms with van der Waals surface area (Å²) >= 11 is 6.05. The number of allylic oxidation sites excluding steroid dienone is 1. The summed E-state index contributed by atoms with van der Waals surface area (Å²) in [6, 6.07) is 0. The normalized spacial score (nSPS) is 14.7. The van der Waals surface area contributed by atoms with Gasteiger partial charge in [-0.25, -0.2) is 4.40 Å². The minimum Gasteiger partial charge on any atom is -0.224 e. The fourth-order valence-corrected chi connectivity index (χ4v) is 1.20. The van der Waals surface area contributed by atoms with Crippen LogP contribution in [0.4, 0.5) is 0 Å². The van der Waals surface area contributed by atoms with E-state index in [1.807, 2.05) is 10.2 Å². The topological polar surface area (TPSA) is 12.4 Å². The Balaban J connectivity index is 4.39. The molecule has 0 aliphatic heterocycles. The molecular weight excluding hydrogens is 257 g/mol. The molecule has 1 nitrogen and oxygen atoms in total. The first-order valence-electron chi connectivity index (χ1n) is 3.01. The minimum absolute atomic E-state index is 0.101. The van der Waals surface area contributed by atoms with E-state index >= 15 is 0 Å². The van der Waals surface area contributed by atoms with Gasteiger partial charge in [0.1, 0.15) is 0 Å². The largest absolute Gasteiger partial charge is 0.224 e. The zero-order valence-corrected chi connectivity index (χ0v) is 9.48. The van der Waals surface area contributed by atoms with Gasteiger partial charge in [0.05, 0.1) is 5.71 Å². The van der Waals surface area contributed by atoms with Crippen LogP contribution in [-0.2, 0) is 0 Å². The highest BCUT2D eigenvalue weighted by molar-refractivity contribution is 14.1. The fourth-order valence-electron chi connectivity index (χ4n) is 0.493. The molecule has 0 radical (unpaired) electrons. The van der Waals surface area contributed by atoms with Crippen molar-refractivity contribution >= 4 is 41.1 Å². The Bertz CT molecular complexity index is 155. The van der Waals surface area contributed by atoms with Gasteiger partial charge in [-0.15, -0.1) is 0 Å². The summed E-state index contributed by atoms with van der Waals surface area (Å²) in [5, 5.41) is 0. The molecule has 0 aromatic carbocycles. The summed E-state index contributed by atoms with van der Waals surface area (Å²) in [7, 11) is 0. The molecule has 0 atom stereocenters. The van der Waals surface area contributed by atoms with E-state index in [0.717, 1.165) is 5.71 Å².